The Balaban J connectivity index is 2.44. The van der Waals surface area contributed by atoms with E-state index < -0.39 is 12.0 Å². The molecule has 0 fully saturated rings. The zero-order valence-electron chi connectivity index (χ0n) is 14.8. The average molecular weight is 325 g/mol. The summed E-state index contributed by atoms with van der Waals surface area (Å²) in [5.74, 6) is 0.528. The molecule has 7 nitrogen and oxygen atoms in total. The van der Waals surface area contributed by atoms with Crippen LogP contribution in [0.5, 0.6) is 0 Å². The topological polar surface area (TPSA) is 94.3 Å². The largest absolute Gasteiger partial charge is 0.467 e. The summed E-state index contributed by atoms with van der Waals surface area (Å²) in [6.07, 6.45) is 1.39. The summed E-state index contributed by atoms with van der Waals surface area (Å²) in [6, 6.07) is -0.622. The fraction of sp³-hybridized carbons (Fsp3) is 0.750. The molecule has 1 amide bonds. The molecule has 0 aliphatic carbocycles. The summed E-state index contributed by atoms with van der Waals surface area (Å²) in [5.41, 5.74) is -0.163. The number of aryl methyl sites for hydroxylation is 1. The Labute approximate surface area is 137 Å². The monoisotopic (exact) mass is 325 g/mol. The number of nitrogens with zero attached hydrogens (tertiary/aromatic N) is 2. The lowest BCUT2D eigenvalue weighted by Gasteiger charge is -2.19. The van der Waals surface area contributed by atoms with Crippen molar-refractivity contribution >= 4 is 11.9 Å². The number of aromatic nitrogens is 2. The lowest BCUT2D eigenvalue weighted by atomic mass is 9.96. The van der Waals surface area contributed by atoms with Gasteiger partial charge >= 0.3 is 5.97 Å². The van der Waals surface area contributed by atoms with Crippen molar-refractivity contribution in [2.45, 2.75) is 65.3 Å². The first-order valence-electron chi connectivity index (χ1n) is 7.85. The number of hydrogen-bond acceptors (Lipinski definition) is 6. The van der Waals surface area contributed by atoms with Gasteiger partial charge in [0.1, 0.15) is 6.04 Å². The van der Waals surface area contributed by atoms with E-state index in [0.717, 1.165) is 0 Å². The number of carbonyl (C=O) groups is 2. The second kappa shape index (κ2) is 8.08. The van der Waals surface area contributed by atoms with Crippen LogP contribution in [0.4, 0.5) is 0 Å². The molecule has 1 rings (SSSR count). The molecular formula is C16H27N3O4. The average Bonchev–Trinajstić information content (AvgIpc) is 2.92. The van der Waals surface area contributed by atoms with E-state index in [0.29, 0.717) is 24.6 Å². The van der Waals surface area contributed by atoms with Crippen LogP contribution in [0.2, 0.25) is 0 Å². The van der Waals surface area contributed by atoms with Gasteiger partial charge < -0.3 is 14.6 Å². The first-order chi connectivity index (χ1) is 10.6. The van der Waals surface area contributed by atoms with E-state index in [2.05, 4.69) is 15.5 Å². The van der Waals surface area contributed by atoms with E-state index in [1.807, 2.05) is 34.6 Å². The summed E-state index contributed by atoms with van der Waals surface area (Å²) < 4.78 is 9.88. The van der Waals surface area contributed by atoms with Gasteiger partial charge in [0.05, 0.1) is 7.11 Å². The number of methoxy groups -OCH3 is 1. The summed E-state index contributed by atoms with van der Waals surface area (Å²) in [4.78, 5) is 27.9. The zero-order chi connectivity index (χ0) is 17.6. The van der Waals surface area contributed by atoms with Crippen LogP contribution in [0.3, 0.4) is 0 Å². The van der Waals surface area contributed by atoms with Crippen molar-refractivity contribution < 1.29 is 18.8 Å². The Bertz CT molecular complexity index is 532. The summed E-state index contributed by atoms with van der Waals surface area (Å²) in [6.45, 7) is 9.73. The van der Waals surface area contributed by atoms with Gasteiger partial charge in [-0.1, -0.05) is 39.8 Å². The summed E-state index contributed by atoms with van der Waals surface area (Å²) in [7, 11) is 1.31. The Morgan fingerprint density at radius 3 is 2.43 bits per heavy atom. The highest BCUT2D eigenvalue weighted by Crippen LogP contribution is 2.18. The van der Waals surface area contributed by atoms with E-state index in [-0.39, 0.29) is 23.7 Å². The molecule has 1 aromatic rings. The van der Waals surface area contributed by atoms with E-state index in [1.165, 1.54) is 7.11 Å². The number of hydrogen-bond donors (Lipinski definition) is 1. The van der Waals surface area contributed by atoms with E-state index in [4.69, 9.17) is 9.26 Å². The van der Waals surface area contributed by atoms with Crippen molar-refractivity contribution in [3.8, 4) is 0 Å². The molecule has 0 aromatic carbocycles. The number of amides is 1. The van der Waals surface area contributed by atoms with Crippen molar-refractivity contribution in [1.82, 2.24) is 15.5 Å². The van der Waals surface area contributed by atoms with Gasteiger partial charge in [0.15, 0.2) is 5.82 Å². The third kappa shape index (κ3) is 6.00. The number of esters is 1. The van der Waals surface area contributed by atoms with Gasteiger partial charge in [0.2, 0.25) is 11.8 Å². The number of ether oxygens (including phenoxy) is 1. The minimum atomic E-state index is -0.622. The molecule has 1 heterocycles. The SMILES string of the molecule is COC(=O)[C@H](NC(=O)CCCc1nc(C(C)(C)C)no1)C(C)C. The quantitative estimate of drug-likeness (QED) is 0.771. The van der Waals surface area contributed by atoms with Crippen molar-refractivity contribution in [3.63, 3.8) is 0 Å². The zero-order valence-corrected chi connectivity index (χ0v) is 14.8. The van der Waals surface area contributed by atoms with E-state index in [1.54, 1.807) is 0 Å². The Morgan fingerprint density at radius 2 is 1.96 bits per heavy atom. The fourth-order valence-electron chi connectivity index (χ4n) is 1.93. The standard InChI is InChI=1S/C16H27N3O4/c1-10(2)13(14(21)22-6)17-11(20)8-7-9-12-18-15(19-23-12)16(3,4)5/h10,13H,7-9H2,1-6H3,(H,17,20)/t13-/m1/s1. The molecule has 0 saturated heterocycles. The third-order valence-electron chi connectivity index (χ3n) is 3.37. The smallest absolute Gasteiger partial charge is 0.328 e. The minimum Gasteiger partial charge on any atom is -0.467 e. The number of carbonyl (C=O) groups excluding carboxylic acids is 2. The second-order valence-corrected chi connectivity index (χ2v) is 6.93. The molecule has 7 heteroatoms. The Hall–Kier alpha value is -1.92. The highest BCUT2D eigenvalue weighted by molar-refractivity contribution is 5.84. The lowest BCUT2D eigenvalue weighted by molar-refractivity contribution is -0.146. The molecule has 1 aromatic heterocycles. The van der Waals surface area contributed by atoms with Gasteiger partial charge in [-0.05, 0) is 12.3 Å². The van der Waals surface area contributed by atoms with Crippen LogP contribution in [0, 0.1) is 5.92 Å². The van der Waals surface area contributed by atoms with Crippen LogP contribution in [-0.4, -0.2) is 35.2 Å². The maximum atomic E-state index is 11.9. The van der Waals surface area contributed by atoms with E-state index >= 15 is 0 Å². The van der Waals surface area contributed by atoms with Crippen LogP contribution in [0.25, 0.3) is 0 Å². The van der Waals surface area contributed by atoms with Crippen molar-refractivity contribution in [2.24, 2.45) is 5.92 Å². The summed E-state index contributed by atoms with van der Waals surface area (Å²) >= 11 is 0. The summed E-state index contributed by atoms with van der Waals surface area (Å²) in [5, 5.41) is 6.65. The predicted molar refractivity (Wildman–Crippen MR) is 84.7 cm³/mol. The molecule has 0 spiro atoms. The molecule has 1 atom stereocenters. The lowest BCUT2D eigenvalue weighted by Crippen LogP contribution is -2.44. The van der Waals surface area contributed by atoms with Crippen LogP contribution < -0.4 is 5.32 Å². The minimum absolute atomic E-state index is 0.0308. The molecular weight excluding hydrogens is 298 g/mol. The van der Waals surface area contributed by atoms with Gasteiger partial charge in [0.25, 0.3) is 0 Å². The molecule has 0 aliphatic heterocycles. The van der Waals surface area contributed by atoms with Gasteiger partial charge in [0, 0.05) is 18.3 Å². The molecule has 1 N–H and O–H groups in total. The molecule has 0 radical (unpaired) electrons. The highest BCUT2D eigenvalue weighted by atomic mass is 16.5. The van der Waals surface area contributed by atoms with Crippen LogP contribution in [0.15, 0.2) is 4.52 Å². The molecule has 0 saturated carbocycles. The Kier molecular flexibility index (Phi) is 6.72. The third-order valence-corrected chi connectivity index (χ3v) is 3.37. The van der Waals surface area contributed by atoms with Crippen molar-refractivity contribution in [1.29, 1.82) is 0 Å². The molecule has 23 heavy (non-hydrogen) atoms. The maximum Gasteiger partial charge on any atom is 0.328 e. The van der Waals surface area contributed by atoms with Gasteiger partial charge in [-0.2, -0.15) is 4.98 Å². The maximum absolute atomic E-state index is 11.9. The predicted octanol–water partition coefficient (Wildman–Crippen LogP) is 2.00. The normalized spacial score (nSPS) is 13.0. The van der Waals surface area contributed by atoms with E-state index in [9.17, 15) is 9.59 Å². The Morgan fingerprint density at radius 1 is 1.30 bits per heavy atom. The second-order valence-electron chi connectivity index (χ2n) is 6.93. The van der Waals surface area contributed by atoms with Gasteiger partial charge in [-0.15, -0.1) is 0 Å². The van der Waals surface area contributed by atoms with Gasteiger partial charge in [-0.3, -0.25) is 4.79 Å². The first-order valence-corrected chi connectivity index (χ1v) is 7.85. The van der Waals surface area contributed by atoms with Crippen molar-refractivity contribution in [3.05, 3.63) is 11.7 Å². The van der Waals surface area contributed by atoms with Crippen molar-refractivity contribution in [2.75, 3.05) is 7.11 Å². The first kappa shape index (κ1) is 19.1. The highest BCUT2D eigenvalue weighted by Gasteiger charge is 2.25. The van der Waals surface area contributed by atoms with Gasteiger partial charge in [-0.25, -0.2) is 4.79 Å². The molecule has 0 bridgehead atoms. The van der Waals surface area contributed by atoms with Crippen LogP contribution in [-0.2, 0) is 26.2 Å². The molecule has 130 valence electrons. The number of rotatable bonds is 7. The van der Waals surface area contributed by atoms with Crippen LogP contribution in [0.1, 0.15) is 59.2 Å². The number of nitrogens with one attached hydrogen (secondary N) is 1. The van der Waals surface area contributed by atoms with Crippen LogP contribution >= 0.6 is 0 Å². The molecule has 0 aliphatic rings. The molecule has 0 unspecified atom stereocenters. The fourth-order valence-corrected chi connectivity index (χ4v) is 1.93.